The summed E-state index contributed by atoms with van der Waals surface area (Å²) >= 11 is 6.99. The van der Waals surface area contributed by atoms with E-state index >= 15 is 0 Å². The van der Waals surface area contributed by atoms with Crippen LogP contribution in [0.1, 0.15) is 20.8 Å². The van der Waals surface area contributed by atoms with Gasteiger partial charge in [-0.25, -0.2) is 0 Å². The molecule has 0 N–H and O–H groups in total. The third-order valence-electron chi connectivity index (χ3n) is 3.83. The molecule has 1 aliphatic carbocycles. The minimum Gasteiger partial charge on any atom is -0.160 e. The molecular formula is C15H19ClSi. The molecule has 2 atom stereocenters. The molecule has 2 rings (SSSR count). The van der Waals surface area contributed by atoms with E-state index in [-0.39, 0.29) is 0 Å². The normalized spacial score (nSPS) is 23.6. The Morgan fingerprint density at radius 1 is 1.06 bits per heavy atom. The Bertz CT molecular complexity index is 483. The van der Waals surface area contributed by atoms with Crippen LogP contribution in [0.15, 0.2) is 53.1 Å². The highest BCUT2D eigenvalue weighted by Crippen LogP contribution is 2.44. The SMILES string of the molecule is CC1=CC(C)=C(C)C1[Si](C)(Cl)c1ccccc1. The van der Waals surface area contributed by atoms with E-state index in [1.54, 1.807) is 0 Å². The van der Waals surface area contributed by atoms with E-state index in [4.69, 9.17) is 11.1 Å². The molecule has 1 aromatic carbocycles. The summed E-state index contributed by atoms with van der Waals surface area (Å²) < 4.78 is 0. The van der Waals surface area contributed by atoms with Crippen molar-refractivity contribution in [3.05, 3.63) is 53.1 Å². The Morgan fingerprint density at radius 2 is 1.65 bits per heavy atom. The highest BCUT2D eigenvalue weighted by Gasteiger charge is 2.41. The molecule has 0 saturated carbocycles. The molecule has 1 aliphatic rings. The second-order valence-electron chi connectivity index (χ2n) is 5.13. The van der Waals surface area contributed by atoms with E-state index in [2.05, 4.69) is 63.7 Å². The Morgan fingerprint density at radius 3 is 2.12 bits per heavy atom. The van der Waals surface area contributed by atoms with Gasteiger partial charge in [-0.05, 0) is 26.0 Å². The minimum absolute atomic E-state index is 0.451. The van der Waals surface area contributed by atoms with Gasteiger partial charge in [-0.15, -0.1) is 0 Å². The lowest BCUT2D eigenvalue weighted by Gasteiger charge is -2.30. The van der Waals surface area contributed by atoms with Gasteiger partial charge in [0.2, 0.25) is 0 Å². The molecule has 0 aliphatic heterocycles. The van der Waals surface area contributed by atoms with Crippen molar-refractivity contribution in [3.8, 4) is 0 Å². The Kier molecular flexibility index (Phi) is 3.33. The van der Waals surface area contributed by atoms with E-state index in [0.29, 0.717) is 5.54 Å². The topological polar surface area (TPSA) is 0 Å². The predicted molar refractivity (Wildman–Crippen MR) is 79.4 cm³/mol. The summed E-state index contributed by atoms with van der Waals surface area (Å²) in [5.41, 5.74) is 4.72. The van der Waals surface area contributed by atoms with Gasteiger partial charge in [0.05, 0.1) is 0 Å². The lowest BCUT2D eigenvalue weighted by molar-refractivity contribution is 1.10. The van der Waals surface area contributed by atoms with Crippen LogP contribution in [0.5, 0.6) is 0 Å². The quantitative estimate of drug-likeness (QED) is 0.548. The molecule has 0 aromatic heterocycles. The van der Waals surface area contributed by atoms with E-state index in [9.17, 15) is 0 Å². The van der Waals surface area contributed by atoms with E-state index in [1.165, 1.54) is 21.9 Å². The summed E-state index contributed by atoms with van der Waals surface area (Å²) in [5.74, 6) is 0. The van der Waals surface area contributed by atoms with Gasteiger partial charge >= 0.3 is 0 Å². The Balaban J connectivity index is 2.44. The molecule has 0 radical (unpaired) electrons. The number of halogens is 1. The maximum Gasteiger partial charge on any atom is 0.194 e. The third-order valence-corrected chi connectivity index (χ3v) is 8.58. The fraction of sp³-hybridized carbons (Fsp3) is 0.333. The summed E-state index contributed by atoms with van der Waals surface area (Å²) in [7, 11) is -1.97. The van der Waals surface area contributed by atoms with Gasteiger partial charge in [-0.3, -0.25) is 0 Å². The van der Waals surface area contributed by atoms with Crippen molar-refractivity contribution in [2.75, 3.05) is 0 Å². The molecule has 1 aromatic rings. The van der Waals surface area contributed by atoms with Crippen LogP contribution in [0.25, 0.3) is 0 Å². The maximum absolute atomic E-state index is 6.99. The van der Waals surface area contributed by atoms with Crippen LogP contribution in [0.4, 0.5) is 0 Å². The molecule has 0 spiro atoms. The van der Waals surface area contributed by atoms with Crippen molar-refractivity contribution in [2.45, 2.75) is 32.9 Å². The Labute approximate surface area is 110 Å². The van der Waals surface area contributed by atoms with Gasteiger partial charge in [0.15, 0.2) is 7.38 Å². The van der Waals surface area contributed by atoms with Crippen LogP contribution < -0.4 is 5.19 Å². The zero-order valence-electron chi connectivity index (χ0n) is 10.9. The molecule has 0 amide bonds. The maximum atomic E-state index is 6.99. The average molecular weight is 263 g/mol. The minimum atomic E-state index is -1.97. The average Bonchev–Trinajstić information content (AvgIpc) is 2.54. The summed E-state index contributed by atoms with van der Waals surface area (Å²) in [6, 6.07) is 10.6. The first-order chi connectivity index (χ1) is 7.94. The van der Waals surface area contributed by atoms with Gasteiger partial charge in [0.25, 0.3) is 0 Å². The molecule has 0 bridgehead atoms. The summed E-state index contributed by atoms with van der Waals surface area (Å²) in [5, 5.41) is 1.33. The van der Waals surface area contributed by atoms with Gasteiger partial charge in [0.1, 0.15) is 0 Å². The smallest absolute Gasteiger partial charge is 0.160 e. The fourth-order valence-electron chi connectivity index (χ4n) is 2.87. The first-order valence-electron chi connectivity index (χ1n) is 6.04. The van der Waals surface area contributed by atoms with Crippen molar-refractivity contribution in [1.29, 1.82) is 0 Å². The molecule has 17 heavy (non-hydrogen) atoms. The second-order valence-corrected chi connectivity index (χ2v) is 10.8. The molecular weight excluding hydrogens is 244 g/mol. The highest BCUT2D eigenvalue weighted by molar-refractivity contribution is 7.28. The van der Waals surface area contributed by atoms with E-state index < -0.39 is 7.38 Å². The van der Waals surface area contributed by atoms with Crippen molar-refractivity contribution in [2.24, 2.45) is 0 Å². The Hall–Kier alpha value is -0.793. The second kappa shape index (κ2) is 4.47. The van der Waals surface area contributed by atoms with Crippen LogP contribution in [0.2, 0.25) is 12.1 Å². The van der Waals surface area contributed by atoms with Gasteiger partial charge in [0, 0.05) is 5.54 Å². The zero-order valence-corrected chi connectivity index (χ0v) is 12.7. The van der Waals surface area contributed by atoms with E-state index in [1.807, 2.05) is 0 Å². The lowest BCUT2D eigenvalue weighted by Crippen LogP contribution is -2.44. The van der Waals surface area contributed by atoms with Crippen LogP contribution in [0, 0.1) is 0 Å². The number of rotatable bonds is 2. The first kappa shape index (κ1) is 12.7. The van der Waals surface area contributed by atoms with Crippen molar-refractivity contribution in [3.63, 3.8) is 0 Å². The standard InChI is InChI=1S/C15H19ClSi/c1-11-10-12(2)15(13(11)3)17(4,16)14-8-6-5-7-9-14/h5-10,15H,1-4H3. The summed E-state index contributed by atoms with van der Waals surface area (Å²) in [4.78, 5) is 0. The fourth-order valence-corrected chi connectivity index (χ4v) is 7.41. The molecule has 0 fully saturated rings. The van der Waals surface area contributed by atoms with Crippen molar-refractivity contribution < 1.29 is 0 Å². The largest absolute Gasteiger partial charge is 0.194 e. The van der Waals surface area contributed by atoms with Crippen LogP contribution in [0.3, 0.4) is 0 Å². The number of hydrogen-bond acceptors (Lipinski definition) is 0. The van der Waals surface area contributed by atoms with Crippen LogP contribution >= 0.6 is 11.1 Å². The number of allylic oxidation sites excluding steroid dienone is 4. The number of hydrogen-bond donors (Lipinski definition) is 0. The summed E-state index contributed by atoms with van der Waals surface area (Å²) in [6.45, 7) is 8.88. The molecule has 0 saturated heterocycles. The molecule has 90 valence electrons. The van der Waals surface area contributed by atoms with Gasteiger partial charge in [-0.1, -0.05) is 59.7 Å². The van der Waals surface area contributed by atoms with Crippen molar-refractivity contribution in [1.82, 2.24) is 0 Å². The summed E-state index contributed by atoms with van der Waals surface area (Å²) in [6.07, 6.45) is 2.29. The van der Waals surface area contributed by atoms with Crippen molar-refractivity contribution >= 4 is 23.6 Å². The van der Waals surface area contributed by atoms with Crippen LogP contribution in [-0.4, -0.2) is 7.38 Å². The number of benzene rings is 1. The molecule has 0 heterocycles. The highest BCUT2D eigenvalue weighted by atomic mass is 35.6. The van der Waals surface area contributed by atoms with Gasteiger partial charge < -0.3 is 0 Å². The molecule has 2 unspecified atom stereocenters. The monoisotopic (exact) mass is 262 g/mol. The third kappa shape index (κ3) is 2.14. The first-order valence-corrected chi connectivity index (χ1v) is 9.63. The lowest BCUT2D eigenvalue weighted by atomic mass is 10.1. The molecule has 0 nitrogen and oxygen atoms in total. The van der Waals surface area contributed by atoms with Gasteiger partial charge in [-0.2, -0.15) is 11.1 Å². The zero-order chi connectivity index (χ0) is 12.6. The van der Waals surface area contributed by atoms with Crippen LogP contribution in [-0.2, 0) is 0 Å². The van der Waals surface area contributed by atoms with E-state index in [0.717, 1.165) is 0 Å². The predicted octanol–water partition coefficient (Wildman–Crippen LogP) is 4.37. The molecule has 2 heteroatoms.